The van der Waals surface area contributed by atoms with Crippen molar-refractivity contribution in [2.24, 2.45) is 0 Å². The molecule has 0 aliphatic carbocycles. The highest BCUT2D eigenvalue weighted by Crippen LogP contribution is 2.27. The van der Waals surface area contributed by atoms with Gasteiger partial charge in [-0.25, -0.2) is 14.6 Å². The Bertz CT molecular complexity index is 962. The van der Waals surface area contributed by atoms with Gasteiger partial charge in [0.15, 0.2) is 5.65 Å². The van der Waals surface area contributed by atoms with Gasteiger partial charge in [-0.15, -0.1) is 0 Å². The fourth-order valence-corrected chi connectivity index (χ4v) is 2.57. The van der Waals surface area contributed by atoms with E-state index in [9.17, 15) is 0 Å². The molecular weight excluding hydrogens is 300 g/mol. The minimum Gasteiger partial charge on any atom is -0.438 e. The Hall–Kier alpha value is -3.21. The van der Waals surface area contributed by atoms with Crippen molar-refractivity contribution in [1.29, 1.82) is 0 Å². The number of nitrogens with zero attached hydrogens (tertiary/aromatic N) is 4. The predicted octanol–water partition coefficient (Wildman–Crippen LogP) is 4.17. The fraction of sp³-hybridized carbons (Fsp3) is 0.105. The lowest BCUT2D eigenvalue weighted by Crippen LogP contribution is -1.98. The zero-order valence-corrected chi connectivity index (χ0v) is 13.3. The summed E-state index contributed by atoms with van der Waals surface area (Å²) in [6, 6.07) is 17.9. The van der Waals surface area contributed by atoms with E-state index in [1.165, 1.54) is 11.9 Å². The van der Waals surface area contributed by atoms with Gasteiger partial charge in [0.1, 0.15) is 17.5 Å². The third-order valence-corrected chi connectivity index (χ3v) is 3.88. The first-order valence-electron chi connectivity index (χ1n) is 7.86. The summed E-state index contributed by atoms with van der Waals surface area (Å²) in [4.78, 5) is 8.62. The molecule has 0 amide bonds. The topological polar surface area (TPSA) is 52.8 Å². The van der Waals surface area contributed by atoms with Crippen LogP contribution in [0, 0.1) is 0 Å². The second-order valence-electron chi connectivity index (χ2n) is 5.41. The lowest BCUT2D eigenvalue weighted by molar-refractivity contribution is 0.468. The predicted molar refractivity (Wildman–Crippen MR) is 92.6 cm³/mol. The Morgan fingerprint density at radius 2 is 1.75 bits per heavy atom. The number of aromatic nitrogens is 4. The first-order valence-corrected chi connectivity index (χ1v) is 7.86. The summed E-state index contributed by atoms with van der Waals surface area (Å²) in [5, 5.41) is 5.21. The Morgan fingerprint density at radius 3 is 2.50 bits per heavy atom. The summed E-state index contributed by atoms with van der Waals surface area (Å²) in [6.45, 7) is 2.13. The normalized spacial score (nSPS) is 10.9. The van der Waals surface area contributed by atoms with Crippen LogP contribution in [0.2, 0.25) is 0 Å². The van der Waals surface area contributed by atoms with Crippen molar-refractivity contribution in [3.63, 3.8) is 0 Å². The molecule has 24 heavy (non-hydrogen) atoms. The van der Waals surface area contributed by atoms with Gasteiger partial charge >= 0.3 is 0 Å². The molecule has 0 N–H and O–H groups in total. The molecule has 5 nitrogen and oxygen atoms in total. The molecule has 0 fully saturated rings. The van der Waals surface area contributed by atoms with Crippen LogP contribution in [0.15, 0.2) is 67.1 Å². The largest absolute Gasteiger partial charge is 0.438 e. The summed E-state index contributed by atoms with van der Waals surface area (Å²) in [7, 11) is 0. The fourth-order valence-electron chi connectivity index (χ4n) is 2.57. The molecule has 4 rings (SSSR count). The summed E-state index contributed by atoms with van der Waals surface area (Å²) < 4.78 is 7.72. The number of hydrogen-bond donors (Lipinski definition) is 0. The highest BCUT2D eigenvalue weighted by Gasteiger charge is 2.12. The number of benzene rings is 2. The molecule has 0 atom stereocenters. The highest BCUT2D eigenvalue weighted by molar-refractivity contribution is 5.81. The van der Waals surface area contributed by atoms with E-state index in [0.717, 1.165) is 28.9 Å². The lowest BCUT2D eigenvalue weighted by atomic mass is 10.2. The second-order valence-corrected chi connectivity index (χ2v) is 5.41. The number of ether oxygens (including phenoxy) is 1. The number of rotatable bonds is 4. The minimum atomic E-state index is 0.506. The maximum Gasteiger partial charge on any atom is 0.233 e. The minimum absolute atomic E-state index is 0.506. The molecule has 0 bridgehead atoms. The molecule has 0 saturated heterocycles. The molecule has 2 heterocycles. The summed E-state index contributed by atoms with van der Waals surface area (Å²) >= 11 is 0. The van der Waals surface area contributed by atoms with E-state index in [2.05, 4.69) is 34.1 Å². The molecule has 0 saturated carbocycles. The van der Waals surface area contributed by atoms with Crippen molar-refractivity contribution in [1.82, 2.24) is 19.7 Å². The van der Waals surface area contributed by atoms with Gasteiger partial charge in [0, 0.05) is 0 Å². The first-order chi connectivity index (χ1) is 11.8. The Labute approximate surface area is 139 Å². The van der Waals surface area contributed by atoms with Crippen LogP contribution < -0.4 is 4.74 Å². The van der Waals surface area contributed by atoms with Crippen LogP contribution in [-0.2, 0) is 6.42 Å². The van der Waals surface area contributed by atoms with Gasteiger partial charge in [0.05, 0.1) is 11.9 Å². The van der Waals surface area contributed by atoms with E-state index in [1.807, 2.05) is 42.5 Å². The van der Waals surface area contributed by atoms with Crippen LogP contribution in [0.4, 0.5) is 0 Å². The molecule has 118 valence electrons. The Morgan fingerprint density at radius 1 is 0.958 bits per heavy atom. The maximum atomic E-state index is 5.94. The molecule has 0 unspecified atom stereocenters. The van der Waals surface area contributed by atoms with Gasteiger partial charge in [-0.3, -0.25) is 0 Å². The van der Waals surface area contributed by atoms with Crippen molar-refractivity contribution in [3.8, 4) is 17.3 Å². The average Bonchev–Trinajstić information content (AvgIpc) is 3.08. The quantitative estimate of drug-likeness (QED) is 0.567. The van der Waals surface area contributed by atoms with Crippen LogP contribution in [-0.4, -0.2) is 19.7 Å². The maximum absolute atomic E-state index is 5.94. The highest BCUT2D eigenvalue weighted by atomic mass is 16.5. The second kappa shape index (κ2) is 6.12. The lowest BCUT2D eigenvalue weighted by Gasteiger charge is -2.06. The molecule has 0 radical (unpaired) electrons. The Balaban J connectivity index is 1.73. The van der Waals surface area contributed by atoms with Gasteiger partial charge in [-0.2, -0.15) is 5.10 Å². The molecule has 0 spiro atoms. The summed E-state index contributed by atoms with van der Waals surface area (Å²) in [5.74, 6) is 1.26. The monoisotopic (exact) mass is 316 g/mol. The van der Waals surface area contributed by atoms with Crippen LogP contribution in [0.1, 0.15) is 12.5 Å². The number of para-hydroxylation sites is 1. The Kier molecular flexibility index (Phi) is 3.67. The first kappa shape index (κ1) is 14.4. The van der Waals surface area contributed by atoms with Gasteiger partial charge < -0.3 is 4.74 Å². The number of hydrogen-bond acceptors (Lipinski definition) is 4. The third kappa shape index (κ3) is 2.60. The zero-order valence-electron chi connectivity index (χ0n) is 13.3. The molecule has 0 aliphatic rings. The van der Waals surface area contributed by atoms with Gasteiger partial charge in [-0.1, -0.05) is 37.3 Å². The molecule has 0 aliphatic heterocycles. The van der Waals surface area contributed by atoms with Crippen molar-refractivity contribution < 1.29 is 4.74 Å². The smallest absolute Gasteiger partial charge is 0.233 e. The van der Waals surface area contributed by atoms with Crippen LogP contribution >= 0.6 is 0 Å². The van der Waals surface area contributed by atoms with E-state index in [-0.39, 0.29) is 0 Å². The van der Waals surface area contributed by atoms with E-state index < -0.39 is 0 Å². The molecule has 2 aromatic heterocycles. The number of aryl methyl sites for hydroxylation is 1. The standard InChI is InChI=1S/C19H16N4O/c1-2-14-8-10-16(11-9-14)24-19-17-12-22-23(18(17)20-13-21-19)15-6-4-3-5-7-15/h3-13H,2H2,1H3. The van der Waals surface area contributed by atoms with Crippen LogP contribution in [0.5, 0.6) is 11.6 Å². The summed E-state index contributed by atoms with van der Waals surface area (Å²) in [5.41, 5.74) is 2.94. The zero-order chi connectivity index (χ0) is 16.4. The van der Waals surface area contributed by atoms with E-state index in [1.54, 1.807) is 10.9 Å². The van der Waals surface area contributed by atoms with E-state index in [0.29, 0.717) is 5.88 Å². The van der Waals surface area contributed by atoms with Crippen LogP contribution in [0.25, 0.3) is 16.7 Å². The summed E-state index contributed by atoms with van der Waals surface area (Å²) in [6.07, 6.45) is 4.24. The van der Waals surface area contributed by atoms with E-state index in [4.69, 9.17) is 4.74 Å². The third-order valence-electron chi connectivity index (χ3n) is 3.88. The van der Waals surface area contributed by atoms with Gasteiger partial charge in [-0.05, 0) is 36.2 Å². The number of fused-ring (bicyclic) bond motifs is 1. The average molecular weight is 316 g/mol. The van der Waals surface area contributed by atoms with E-state index >= 15 is 0 Å². The molecule has 4 aromatic rings. The van der Waals surface area contributed by atoms with Crippen molar-refractivity contribution in [2.75, 3.05) is 0 Å². The van der Waals surface area contributed by atoms with Crippen molar-refractivity contribution in [3.05, 3.63) is 72.7 Å². The van der Waals surface area contributed by atoms with Crippen molar-refractivity contribution in [2.45, 2.75) is 13.3 Å². The van der Waals surface area contributed by atoms with Crippen LogP contribution in [0.3, 0.4) is 0 Å². The van der Waals surface area contributed by atoms with Gasteiger partial charge in [0.2, 0.25) is 5.88 Å². The molecule has 5 heteroatoms. The van der Waals surface area contributed by atoms with Crippen molar-refractivity contribution >= 4 is 11.0 Å². The molecular formula is C19H16N4O. The molecule has 2 aromatic carbocycles. The van der Waals surface area contributed by atoms with Gasteiger partial charge in [0.25, 0.3) is 0 Å². The SMILES string of the molecule is CCc1ccc(Oc2ncnc3c2cnn3-c2ccccc2)cc1.